The van der Waals surface area contributed by atoms with Gasteiger partial charge in [0, 0.05) is 11.9 Å². The van der Waals surface area contributed by atoms with Crippen molar-refractivity contribution in [2.45, 2.75) is 26.9 Å². The number of thiazole rings is 1. The maximum Gasteiger partial charge on any atom is 0.230 e. The van der Waals surface area contributed by atoms with Crippen LogP contribution in [0.5, 0.6) is 5.75 Å². The van der Waals surface area contributed by atoms with Crippen molar-refractivity contribution >= 4 is 22.4 Å². The summed E-state index contributed by atoms with van der Waals surface area (Å²) in [6.45, 7) is 4.20. The van der Waals surface area contributed by atoms with Gasteiger partial charge in [0.15, 0.2) is 11.0 Å². The van der Waals surface area contributed by atoms with Crippen LogP contribution in [0.1, 0.15) is 22.0 Å². The molecule has 0 unspecified atom stereocenters. The Kier molecular flexibility index (Phi) is 5.03. The molecule has 2 heterocycles. The van der Waals surface area contributed by atoms with Crippen molar-refractivity contribution in [3.05, 3.63) is 46.2 Å². The Labute approximate surface area is 148 Å². The second-order valence-electron chi connectivity index (χ2n) is 5.54. The SMILES string of the molecule is Cc1nc(NC(=O)Cc2ccc(OCc3nnnn3C)cc2)sc1C. The van der Waals surface area contributed by atoms with Crippen LogP contribution in [0.2, 0.25) is 0 Å². The molecule has 0 fully saturated rings. The minimum atomic E-state index is -0.0902. The molecule has 0 atom stereocenters. The van der Waals surface area contributed by atoms with Gasteiger partial charge in [-0.25, -0.2) is 9.67 Å². The van der Waals surface area contributed by atoms with E-state index >= 15 is 0 Å². The maximum absolute atomic E-state index is 12.1. The number of hydrogen-bond donors (Lipinski definition) is 1. The fourth-order valence-electron chi connectivity index (χ4n) is 2.10. The van der Waals surface area contributed by atoms with Crippen LogP contribution in [0.3, 0.4) is 0 Å². The molecule has 0 saturated carbocycles. The van der Waals surface area contributed by atoms with Gasteiger partial charge in [0.1, 0.15) is 12.4 Å². The zero-order chi connectivity index (χ0) is 17.8. The molecule has 0 aliphatic carbocycles. The van der Waals surface area contributed by atoms with Crippen molar-refractivity contribution in [3.8, 4) is 5.75 Å². The summed E-state index contributed by atoms with van der Waals surface area (Å²) in [6.07, 6.45) is 0.283. The number of hydrogen-bond acceptors (Lipinski definition) is 7. The first kappa shape index (κ1) is 17.0. The topological polar surface area (TPSA) is 94.8 Å². The Balaban J connectivity index is 1.53. The first-order valence-corrected chi connectivity index (χ1v) is 8.50. The predicted octanol–water partition coefficient (Wildman–Crippen LogP) is 2.04. The quantitative estimate of drug-likeness (QED) is 0.725. The van der Waals surface area contributed by atoms with Crippen LogP contribution in [0.4, 0.5) is 5.13 Å². The van der Waals surface area contributed by atoms with E-state index in [9.17, 15) is 4.79 Å². The maximum atomic E-state index is 12.1. The summed E-state index contributed by atoms with van der Waals surface area (Å²) in [4.78, 5) is 17.5. The average molecular weight is 358 g/mol. The molecule has 1 aromatic carbocycles. The fourth-order valence-corrected chi connectivity index (χ4v) is 2.93. The Morgan fingerprint density at radius 3 is 2.64 bits per heavy atom. The molecule has 2 aromatic heterocycles. The van der Waals surface area contributed by atoms with Crippen LogP contribution < -0.4 is 10.1 Å². The molecule has 1 amide bonds. The number of aromatic nitrogens is 5. The third-order valence-corrected chi connectivity index (χ3v) is 4.63. The van der Waals surface area contributed by atoms with E-state index in [4.69, 9.17) is 4.74 Å². The number of tetrazole rings is 1. The van der Waals surface area contributed by atoms with Crippen molar-refractivity contribution in [1.29, 1.82) is 0 Å². The number of nitrogens with zero attached hydrogens (tertiary/aromatic N) is 5. The molecule has 0 aliphatic heterocycles. The highest BCUT2D eigenvalue weighted by molar-refractivity contribution is 7.15. The van der Waals surface area contributed by atoms with Gasteiger partial charge in [-0.2, -0.15) is 0 Å². The number of nitrogens with one attached hydrogen (secondary N) is 1. The number of ether oxygens (including phenoxy) is 1. The highest BCUT2D eigenvalue weighted by atomic mass is 32.1. The summed E-state index contributed by atoms with van der Waals surface area (Å²) in [5.74, 6) is 1.24. The Morgan fingerprint density at radius 2 is 2.04 bits per heavy atom. The van der Waals surface area contributed by atoms with Gasteiger partial charge in [-0.1, -0.05) is 12.1 Å². The van der Waals surface area contributed by atoms with Crippen molar-refractivity contribution in [3.63, 3.8) is 0 Å². The number of aryl methyl sites for hydroxylation is 3. The zero-order valence-corrected chi connectivity index (χ0v) is 15.0. The number of carbonyl (C=O) groups is 1. The molecular formula is C16H18N6O2S. The average Bonchev–Trinajstić information content (AvgIpc) is 3.12. The molecule has 9 heteroatoms. The molecule has 0 spiro atoms. The number of rotatable bonds is 6. The van der Waals surface area contributed by atoms with Gasteiger partial charge < -0.3 is 10.1 Å². The molecule has 130 valence electrons. The van der Waals surface area contributed by atoms with Crippen molar-refractivity contribution in [2.24, 2.45) is 7.05 Å². The van der Waals surface area contributed by atoms with Gasteiger partial charge in [-0.15, -0.1) is 16.4 Å². The zero-order valence-electron chi connectivity index (χ0n) is 14.2. The van der Waals surface area contributed by atoms with Crippen LogP contribution in [0.15, 0.2) is 24.3 Å². The summed E-state index contributed by atoms with van der Waals surface area (Å²) in [7, 11) is 1.76. The molecule has 0 aliphatic rings. The van der Waals surface area contributed by atoms with Crippen molar-refractivity contribution < 1.29 is 9.53 Å². The van der Waals surface area contributed by atoms with E-state index in [0.717, 1.165) is 16.1 Å². The lowest BCUT2D eigenvalue weighted by Crippen LogP contribution is -2.14. The van der Waals surface area contributed by atoms with E-state index in [-0.39, 0.29) is 18.9 Å². The van der Waals surface area contributed by atoms with E-state index in [1.165, 1.54) is 11.3 Å². The normalized spacial score (nSPS) is 10.7. The van der Waals surface area contributed by atoms with Gasteiger partial charge in [0.2, 0.25) is 5.91 Å². The molecule has 0 radical (unpaired) electrons. The third kappa shape index (κ3) is 4.38. The monoisotopic (exact) mass is 358 g/mol. The van der Waals surface area contributed by atoms with Gasteiger partial charge in [-0.05, 0) is 42.0 Å². The lowest BCUT2D eigenvalue weighted by Gasteiger charge is -2.06. The van der Waals surface area contributed by atoms with E-state index in [2.05, 4.69) is 25.8 Å². The number of carbonyl (C=O) groups excluding carboxylic acids is 1. The molecule has 1 N–H and O–H groups in total. The molecular weight excluding hydrogens is 340 g/mol. The molecule has 25 heavy (non-hydrogen) atoms. The fraction of sp³-hybridized carbons (Fsp3) is 0.312. The Bertz CT molecular complexity index is 852. The third-order valence-electron chi connectivity index (χ3n) is 3.64. The largest absolute Gasteiger partial charge is 0.486 e. The second kappa shape index (κ2) is 7.39. The van der Waals surface area contributed by atoms with Crippen molar-refractivity contribution in [2.75, 3.05) is 5.32 Å². The lowest BCUT2D eigenvalue weighted by atomic mass is 10.1. The van der Waals surface area contributed by atoms with Crippen LogP contribution in [0, 0.1) is 13.8 Å². The number of amides is 1. The molecule has 0 saturated heterocycles. The van der Waals surface area contributed by atoms with E-state index in [1.807, 2.05) is 38.1 Å². The lowest BCUT2D eigenvalue weighted by molar-refractivity contribution is -0.115. The van der Waals surface area contributed by atoms with Gasteiger partial charge >= 0.3 is 0 Å². The van der Waals surface area contributed by atoms with Crippen LogP contribution in [-0.2, 0) is 24.9 Å². The second-order valence-corrected chi connectivity index (χ2v) is 6.74. The van der Waals surface area contributed by atoms with E-state index < -0.39 is 0 Å². The smallest absolute Gasteiger partial charge is 0.230 e. The summed E-state index contributed by atoms with van der Waals surface area (Å²) in [6, 6.07) is 7.37. The van der Waals surface area contributed by atoms with Crippen molar-refractivity contribution in [1.82, 2.24) is 25.2 Å². The first-order valence-electron chi connectivity index (χ1n) is 7.68. The summed E-state index contributed by atoms with van der Waals surface area (Å²) in [5.41, 5.74) is 1.84. The van der Waals surface area contributed by atoms with Gasteiger partial charge in [0.05, 0.1) is 12.1 Å². The summed E-state index contributed by atoms with van der Waals surface area (Å²) < 4.78 is 7.19. The highest BCUT2D eigenvalue weighted by Gasteiger charge is 2.09. The summed E-state index contributed by atoms with van der Waals surface area (Å²) >= 11 is 1.48. The first-order chi connectivity index (χ1) is 12.0. The van der Waals surface area contributed by atoms with E-state index in [1.54, 1.807) is 11.7 Å². The molecule has 3 rings (SSSR count). The molecule has 0 bridgehead atoms. The van der Waals surface area contributed by atoms with E-state index in [0.29, 0.717) is 16.7 Å². The van der Waals surface area contributed by atoms with Crippen LogP contribution in [0.25, 0.3) is 0 Å². The Morgan fingerprint density at radius 1 is 1.28 bits per heavy atom. The van der Waals surface area contributed by atoms with Crippen LogP contribution in [-0.4, -0.2) is 31.1 Å². The van der Waals surface area contributed by atoms with Crippen LogP contribution >= 0.6 is 11.3 Å². The summed E-state index contributed by atoms with van der Waals surface area (Å²) in [5, 5.41) is 14.6. The standard InChI is InChI=1S/C16H18N6O2S/c1-10-11(2)25-16(17-10)18-15(23)8-12-4-6-13(7-5-12)24-9-14-19-20-21-22(14)3/h4-7H,8-9H2,1-3H3,(H,17,18,23). The number of benzene rings is 1. The Hall–Kier alpha value is -2.81. The highest BCUT2D eigenvalue weighted by Crippen LogP contribution is 2.21. The molecule has 8 nitrogen and oxygen atoms in total. The minimum Gasteiger partial charge on any atom is -0.486 e. The molecule has 3 aromatic rings. The predicted molar refractivity (Wildman–Crippen MR) is 93.5 cm³/mol. The number of anilines is 1. The van der Waals surface area contributed by atoms with Gasteiger partial charge in [-0.3, -0.25) is 4.79 Å². The van der Waals surface area contributed by atoms with Gasteiger partial charge in [0.25, 0.3) is 0 Å². The minimum absolute atomic E-state index is 0.0902.